The van der Waals surface area contributed by atoms with E-state index in [2.05, 4.69) is 15.5 Å². The highest BCUT2D eigenvalue weighted by molar-refractivity contribution is 7.79. The van der Waals surface area contributed by atoms with Crippen molar-refractivity contribution in [2.75, 3.05) is 5.32 Å². The molecule has 214 valence electrons. The Bertz CT molecular complexity index is 1590. The Labute approximate surface area is 237 Å². The summed E-state index contributed by atoms with van der Waals surface area (Å²) in [5.74, 6) is 0.452. The van der Waals surface area contributed by atoms with Crippen LogP contribution in [0.4, 0.5) is 18.9 Å². The first-order chi connectivity index (χ1) is 19.4. The second-order valence-corrected chi connectivity index (χ2v) is 11.7. The summed E-state index contributed by atoms with van der Waals surface area (Å²) in [5.41, 5.74) is 4.31. The first-order valence-electron chi connectivity index (χ1n) is 13.0. The minimum Gasteiger partial charge on any atom is -0.334 e. The minimum absolute atomic E-state index is 0.149. The lowest BCUT2D eigenvalue weighted by atomic mass is 9.87. The van der Waals surface area contributed by atoms with E-state index in [4.69, 9.17) is 4.52 Å². The van der Waals surface area contributed by atoms with Crippen LogP contribution in [0.2, 0.25) is 0 Å². The highest BCUT2D eigenvalue weighted by atomic mass is 32.2. The lowest BCUT2D eigenvalue weighted by molar-refractivity contribution is -0.137. The van der Waals surface area contributed by atoms with Crippen molar-refractivity contribution in [3.8, 4) is 11.5 Å². The van der Waals surface area contributed by atoms with Gasteiger partial charge in [0, 0.05) is 11.3 Å². The third-order valence-electron chi connectivity index (χ3n) is 7.47. The van der Waals surface area contributed by atoms with Gasteiger partial charge in [-0.25, -0.2) is 4.21 Å². The van der Waals surface area contributed by atoms with Crippen molar-refractivity contribution in [1.82, 2.24) is 10.1 Å². The van der Waals surface area contributed by atoms with Gasteiger partial charge in [0.05, 0.1) is 22.6 Å². The molecule has 0 bridgehead atoms. The van der Waals surface area contributed by atoms with Crippen LogP contribution in [0.25, 0.3) is 11.5 Å². The van der Waals surface area contributed by atoms with E-state index in [-0.39, 0.29) is 18.2 Å². The van der Waals surface area contributed by atoms with Crippen molar-refractivity contribution in [2.45, 2.75) is 56.9 Å². The van der Waals surface area contributed by atoms with Crippen molar-refractivity contribution in [2.24, 2.45) is 0 Å². The molecule has 0 spiro atoms. The van der Waals surface area contributed by atoms with Gasteiger partial charge in [0.1, 0.15) is 0 Å². The number of nitrogens with zero attached hydrogens (tertiary/aromatic N) is 2. The number of amides is 1. The number of nitrogens with one attached hydrogen (secondary N) is 1. The zero-order valence-corrected chi connectivity index (χ0v) is 23.4. The number of rotatable bonds is 8. The number of anilines is 1. The van der Waals surface area contributed by atoms with Gasteiger partial charge in [-0.05, 0) is 97.8 Å². The maximum absolute atomic E-state index is 12.9. The number of alkyl halides is 3. The molecular formula is C30H28F3N3O4S. The van der Waals surface area contributed by atoms with Gasteiger partial charge in [-0.15, -0.1) is 0 Å². The Morgan fingerprint density at radius 1 is 1.07 bits per heavy atom. The highest BCUT2D eigenvalue weighted by Gasteiger charge is 2.51. The predicted molar refractivity (Wildman–Crippen MR) is 149 cm³/mol. The Kier molecular flexibility index (Phi) is 7.60. The zero-order chi connectivity index (χ0) is 29.5. The molecule has 0 saturated heterocycles. The van der Waals surface area contributed by atoms with Crippen LogP contribution in [0.15, 0.2) is 65.2 Å². The van der Waals surface area contributed by atoms with Crippen LogP contribution in [0, 0.1) is 13.8 Å². The number of hydrogen-bond donors (Lipinski definition) is 2. The van der Waals surface area contributed by atoms with E-state index in [1.54, 1.807) is 31.2 Å². The summed E-state index contributed by atoms with van der Waals surface area (Å²) in [7, 11) is 0. The molecule has 41 heavy (non-hydrogen) atoms. The lowest BCUT2D eigenvalue weighted by Gasteiger charge is -2.19. The normalized spacial score (nSPS) is 15.8. The molecule has 1 aliphatic carbocycles. The number of carbonyl (C=O) groups is 1. The number of hydrogen-bond acceptors (Lipinski definition) is 5. The minimum atomic E-state index is -4.42. The SMILES string of the molecule is Cc1cc(NC(=O)Cc2ccc(C(C)S(=O)O)cc2)cc(C)c1C1(c2noc(-c3ccc(C(F)(F)F)cc3)n2)CC1. The van der Waals surface area contributed by atoms with Gasteiger partial charge in [-0.1, -0.05) is 29.4 Å². The Morgan fingerprint density at radius 3 is 2.22 bits per heavy atom. The second kappa shape index (κ2) is 10.9. The van der Waals surface area contributed by atoms with Crippen molar-refractivity contribution >= 4 is 22.7 Å². The number of benzene rings is 3. The zero-order valence-electron chi connectivity index (χ0n) is 22.6. The molecule has 0 radical (unpaired) electrons. The molecule has 2 atom stereocenters. The van der Waals surface area contributed by atoms with Gasteiger partial charge in [0.2, 0.25) is 5.91 Å². The smallest absolute Gasteiger partial charge is 0.334 e. The molecule has 1 saturated carbocycles. The van der Waals surface area contributed by atoms with E-state index >= 15 is 0 Å². The van der Waals surface area contributed by atoms with Crippen LogP contribution < -0.4 is 5.32 Å². The van der Waals surface area contributed by atoms with Gasteiger partial charge in [-0.3, -0.25) is 4.79 Å². The lowest BCUT2D eigenvalue weighted by Crippen LogP contribution is -2.17. The van der Waals surface area contributed by atoms with Gasteiger partial charge in [0.25, 0.3) is 5.89 Å². The van der Waals surface area contributed by atoms with Crippen LogP contribution >= 0.6 is 0 Å². The molecule has 1 fully saturated rings. The summed E-state index contributed by atoms with van der Waals surface area (Å²) in [6.07, 6.45) is -2.68. The molecule has 7 nitrogen and oxygen atoms in total. The van der Waals surface area contributed by atoms with Crippen molar-refractivity contribution in [1.29, 1.82) is 0 Å². The number of carbonyl (C=O) groups excluding carboxylic acids is 1. The average Bonchev–Trinajstić information content (AvgIpc) is 3.53. The monoisotopic (exact) mass is 583 g/mol. The molecule has 5 rings (SSSR count). The molecule has 3 aromatic carbocycles. The summed E-state index contributed by atoms with van der Waals surface area (Å²) in [5, 5.41) is 6.63. The topological polar surface area (TPSA) is 105 Å². The summed E-state index contributed by atoms with van der Waals surface area (Å²) in [6.45, 7) is 5.58. The largest absolute Gasteiger partial charge is 0.416 e. The molecule has 1 heterocycles. The van der Waals surface area contributed by atoms with Crippen LogP contribution in [-0.4, -0.2) is 24.8 Å². The maximum Gasteiger partial charge on any atom is 0.416 e. The molecule has 1 amide bonds. The van der Waals surface area contributed by atoms with Gasteiger partial charge in [-0.2, -0.15) is 18.2 Å². The Hall–Kier alpha value is -3.83. The van der Waals surface area contributed by atoms with E-state index in [0.29, 0.717) is 17.1 Å². The van der Waals surface area contributed by atoms with Gasteiger partial charge < -0.3 is 14.4 Å². The summed E-state index contributed by atoms with van der Waals surface area (Å²) >= 11 is -1.96. The van der Waals surface area contributed by atoms with Crippen LogP contribution in [0.3, 0.4) is 0 Å². The fraction of sp³-hybridized carbons (Fsp3) is 0.300. The first kappa shape index (κ1) is 28.7. The molecule has 2 N–H and O–H groups in total. The number of aromatic nitrogens is 2. The quantitative estimate of drug-likeness (QED) is 0.218. The molecular weight excluding hydrogens is 555 g/mol. The van der Waals surface area contributed by atoms with Gasteiger partial charge in [0.15, 0.2) is 16.9 Å². The third-order valence-corrected chi connectivity index (χ3v) is 8.35. The second-order valence-electron chi connectivity index (χ2n) is 10.5. The van der Waals surface area contributed by atoms with Crippen molar-refractivity contribution in [3.63, 3.8) is 0 Å². The molecule has 4 aromatic rings. The van der Waals surface area contributed by atoms with E-state index in [0.717, 1.165) is 52.8 Å². The van der Waals surface area contributed by atoms with E-state index in [9.17, 15) is 26.7 Å². The maximum atomic E-state index is 12.9. The number of halogens is 3. The average molecular weight is 584 g/mol. The summed E-state index contributed by atoms with van der Waals surface area (Å²) in [6, 6.07) is 15.5. The van der Waals surface area contributed by atoms with Crippen molar-refractivity contribution < 1.29 is 31.3 Å². The van der Waals surface area contributed by atoms with E-state index < -0.39 is 33.5 Å². The predicted octanol–water partition coefficient (Wildman–Crippen LogP) is 6.92. The van der Waals surface area contributed by atoms with Gasteiger partial charge >= 0.3 is 6.18 Å². The molecule has 1 aliphatic rings. The fourth-order valence-electron chi connectivity index (χ4n) is 5.25. The molecule has 2 unspecified atom stereocenters. The fourth-order valence-corrected chi connectivity index (χ4v) is 5.64. The first-order valence-corrected chi connectivity index (χ1v) is 14.2. The Morgan fingerprint density at radius 2 is 1.68 bits per heavy atom. The number of aryl methyl sites for hydroxylation is 2. The molecule has 0 aliphatic heterocycles. The third kappa shape index (κ3) is 5.96. The van der Waals surface area contributed by atoms with E-state index in [1.807, 2.05) is 26.0 Å². The molecule has 11 heteroatoms. The highest BCUT2D eigenvalue weighted by Crippen LogP contribution is 2.55. The van der Waals surface area contributed by atoms with Crippen LogP contribution in [-0.2, 0) is 33.9 Å². The standard InChI is InChI=1S/C30H28F3N3O4S/c1-17-14-24(34-25(37)16-20-4-6-21(7-5-20)19(3)41(38)39)15-18(2)26(17)29(12-13-29)28-35-27(40-36-28)22-8-10-23(11-9-22)30(31,32)33/h4-11,14-15,19H,12-13,16H2,1-3H3,(H,34,37)(H,38,39). The van der Waals surface area contributed by atoms with E-state index in [1.165, 1.54) is 12.1 Å². The Balaban J connectivity index is 1.30. The van der Waals surface area contributed by atoms with Crippen LogP contribution in [0.1, 0.15) is 64.2 Å². The molecule has 1 aromatic heterocycles. The van der Waals surface area contributed by atoms with Crippen LogP contribution in [0.5, 0.6) is 0 Å². The summed E-state index contributed by atoms with van der Waals surface area (Å²) < 4.78 is 64.8. The summed E-state index contributed by atoms with van der Waals surface area (Å²) in [4.78, 5) is 17.3. The van der Waals surface area contributed by atoms with Crippen molar-refractivity contribution in [3.05, 3.63) is 99.9 Å².